The first-order chi connectivity index (χ1) is 12.0. The van der Waals surface area contributed by atoms with Crippen LogP contribution >= 0.6 is 0 Å². The molecular formula is C18H17FN4O2. The Labute approximate surface area is 143 Å². The van der Waals surface area contributed by atoms with E-state index < -0.39 is 5.54 Å². The van der Waals surface area contributed by atoms with E-state index >= 15 is 0 Å². The average Bonchev–Trinajstić information content (AvgIpc) is 3.40. The molecule has 25 heavy (non-hydrogen) atoms. The lowest BCUT2D eigenvalue weighted by molar-refractivity contribution is -0.672. The Morgan fingerprint density at radius 1 is 1.12 bits per heavy atom. The predicted molar refractivity (Wildman–Crippen MR) is 90.0 cm³/mol. The number of benzene rings is 2. The molecule has 6 nitrogen and oxygen atoms in total. The van der Waals surface area contributed by atoms with Crippen LogP contribution < -0.4 is 14.9 Å². The molecule has 0 radical (unpaired) electrons. The summed E-state index contributed by atoms with van der Waals surface area (Å²) in [5.74, 6) is -0.361. The first-order valence-corrected chi connectivity index (χ1v) is 8.23. The molecule has 1 N–H and O–H groups in total. The number of aryl methyl sites for hydroxylation is 1. The molecule has 4 rings (SSSR count). The highest BCUT2D eigenvalue weighted by molar-refractivity contribution is 5.69. The normalized spacial score (nSPS) is 15.3. The third-order valence-electron chi connectivity index (χ3n) is 4.75. The zero-order valence-electron chi connectivity index (χ0n) is 13.7. The number of fused-ring (bicyclic) bond motifs is 1. The van der Waals surface area contributed by atoms with Gasteiger partial charge >= 0.3 is 5.95 Å². The number of aromatic nitrogens is 3. The molecule has 128 valence electrons. The number of anilines is 1. The highest BCUT2D eigenvalue weighted by Crippen LogP contribution is 2.47. The Kier molecular flexibility index (Phi) is 3.45. The monoisotopic (exact) mass is 340 g/mol. The van der Waals surface area contributed by atoms with Gasteiger partial charge in [0.1, 0.15) is 11.4 Å². The molecule has 1 heterocycles. The minimum Gasteiger partial charge on any atom is -0.739 e. The Balaban J connectivity index is 1.75. The summed E-state index contributed by atoms with van der Waals surface area (Å²) in [6.45, 7) is 1.98. The summed E-state index contributed by atoms with van der Waals surface area (Å²) in [6, 6.07) is 11.3. The van der Waals surface area contributed by atoms with Crippen LogP contribution in [0, 0.1) is 16.2 Å². The van der Waals surface area contributed by atoms with E-state index in [-0.39, 0.29) is 22.8 Å². The topological polar surface area (TPSA) is 78.8 Å². The number of nitrogens with one attached hydrogen (secondary N) is 1. The van der Waals surface area contributed by atoms with Crippen LogP contribution in [0.1, 0.15) is 30.9 Å². The minimum atomic E-state index is -0.475. The van der Waals surface area contributed by atoms with Crippen molar-refractivity contribution < 1.29 is 14.0 Å². The van der Waals surface area contributed by atoms with Gasteiger partial charge in [0.05, 0.1) is 0 Å². The highest BCUT2D eigenvalue weighted by Gasteiger charge is 2.49. The predicted octanol–water partition coefficient (Wildman–Crippen LogP) is 2.30. The molecule has 0 saturated heterocycles. The fourth-order valence-electron chi connectivity index (χ4n) is 3.08. The van der Waals surface area contributed by atoms with E-state index in [9.17, 15) is 14.8 Å². The van der Waals surface area contributed by atoms with Crippen molar-refractivity contribution in [2.24, 2.45) is 0 Å². The zero-order chi connectivity index (χ0) is 17.6. The van der Waals surface area contributed by atoms with Crippen LogP contribution in [0.15, 0.2) is 42.5 Å². The van der Waals surface area contributed by atoms with E-state index in [1.165, 1.54) is 12.1 Å². The van der Waals surface area contributed by atoms with E-state index in [0.717, 1.165) is 30.4 Å². The fraction of sp³-hybridized carbons (Fsp3) is 0.278. The van der Waals surface area contributed by atoms with Crippen molar-refractivity contribution in [3.05, 3.63) is 69.8 Å². The van der Waals surface area contributed by atoms with Gasteiger partial charge in [0.25, 0.3) is 5.52 Å². The number of hydrogen-bond donors (Lipinski definition) is 1. The van der Waals surface area contributed by atoms with Crippen LogP contribution in [0.4, 0.5) is 10.3 Å². The van der Waals surface area contributed by atoms with Crippen molar-refractivity contribution in [2.75, 3.05) is 5.32 Å². The van der Waals surface area contributed by atoms with Gasteiger partial charge in [-0.3, -0.25) is 5.32 Å². The average molecular weight is 340 g/mol. The van der Waals surface area contributed by atoms with E-state index in [0.29, 0.717) is 9.58 Å². The second-order valence-electron chi connectivity index (χ2n) is 6.38. The molecule has 7 heteroatoms. The smallest absolute Gasteiger partial charge is 0.461 e. The summed E-state index contributed by atoms with van der Waals surface area (Å²) in [5, 5.41) is 31.9. The molecule has 1 saturated carbocycles. The van der Waals surface area contributed by atoms with Crippen molar-refractivity contribution in [2.45, 2.75) is 31.7 Å². The van der Waals surface area contributed by atoms with Gasteiger partial charge in [-0.2, -0.15) is 0 Å². The van der Waals surface area contributed by atoms with Gasteiger partial charge in [-0.15, -0.1) is 0 Å². The van der Waals surface area contributed by atoms with Crippen molar-refractivity contribution in [1.82, 2.24) is 5.10 Å². The highest BCUT2D eigenvalue weighted by atomic mass is 19.1. The second kappa shape index (κ2) is 5.54. The Hall–Kier alpha value is -2.96. The third-order valence-corrected chi connectivity index (χ3v) is 4.75. The number of hydrogen-bond acceptors (Lipinski definition) is 4. The van der Waals surface area contributed by atoms with E-state index in [1.807, 2.05) is 13.0 Å². The first-order valence-electron chi connectivity index (χ1n) is 8.23. The van der Waals surface area contributed by atoms with Crippen molar-refractivity contribution >= 4 is 17.0 Å². The number of halogens is 1. The van der Waals surface area contributed by atoms with Gasteiger partial charge in [0, 0.05) is 10.9 Å². The molecule has 1 fully saturated rings. The molecule has 1 aliphatic rings. The summed E-state index contributed by atoms with van der Waals surface area (Å²) >= 11 is 0. The van der Waals surface area contributed by atoms with E-state index in [1.54, 1.807) is 24.3 Å². The molecule has 0 unspecified atom stereocenters. The molecule has 0 amide bonds. The lowest BCUT2D eigenvalue weighted by Crippen LogP contribution is -2.45. The summed E-state index contributed by atoms with van der Waals surface area (Å²) in [7, 11) is 0. The molecule has 3 aromatic rings. The third kappa shape index (κ3) is 2.61. The van der Waals surface area contributed by atoms with Gasteiger partial charge in [-0.25, -0.2) is 9.12 Å². The van der Waals surface area contributed by atoms with Crippen LogP contribution in [0.25, 0.3) is 11.0 Å². The molecule has 0 spiro atoms. The summed E-state index contributed by atoms with van der Waals surface area (Å²) < 4.78 is 13.8. The Bertz CT molecular complexity index is 955. The van der Waals surface area contributed by atoms with Crippen LogP contribution in [-0.4, -0.2) is 5.10 Å². The van der Waals surface area contributed by atoms with Crippen molar-refractivity contribution in [3.63, 3.8) is 0 Å². The minimum absolute atomic E-state index is 0.0476. The van der Waals surface area contributed by atoms with Gasteiger partial charge in [-0.1, -0.05) is 25.1 Å². The van der Waals surface area contributed by atoms with Crippen LogP contribution in [0.5, 0.6) is 0 Å². The summed E-state index contributed by atoms with van der Waals surface area (Å²) in [6.07, 6.45) is 2.33. The van der Waals surface area contributed by atoms with Crippen LogP contribution in [0.2, 0.25) is 0 Å². The van der Waals surface area contributed by atoms with Crippen LogP contribution in [0.3, 0.4) is 0 Å². The molecule has 2 aromatic carbocycles. The lowest BCUT2D eigenvalue weighted by Gasteiger charge is -2.16. The van der Waals surface area contributed by atoms with E-state index in [4.69, 9.17) is 0 Å². The largest absolute Gasteiger partial charge is 0.739 e. The molecular weight excluding hydrogens is 323 g/mol. The van der Waals surface area contributed by atoms with Crippen molar-refractivity contribution in [1.29, 1.82) is 0 Å². The maximum atomic E-state index is 13.1. The summed E-state index contributed by atoms with van der Waals surface area (Å²) in [5.41, 5.74) is 1.86. The maximum absolute atomic E-state index is 13.1. The molecule has 0 aliphatic heterocycles. The fourth-order valence-corrected chi connectivity index (χ4v) is 3.08. The zero-order valence-corrected chi connectivity index (χ0v) is 13.7. The first kappa shape index (κ1) is 15.6. The van der Waals surface area contributed by atoms with E-state index in [2.05, 4.69) is 10.4 Å². The second-order valence-corrected chi connectivity index (χ2v) is 6.38. The van der Waals surface area contributed by atoms with Crippen molar-refractivity contribution in [3.8, 4) is 0 Å². The van der Waals surface area contributed by atoms with Gasteiger partial charge < -0.3 is 10.4 Å². The van der Waals surface area contributed by atoms with Crippen LogP contribution in [-0.2, 0) is 12.0 Å². The lowest BCUT2D eigenvalue weighted by atomic mass is 10.1. The summed E-state index contributed by atoms with van der Waals surface area (Å²) in [4.78, 5) is 0.478. The molecule has 0 bridgehead atoms. The molecule has 1 aliphatic carbocycles. The Morgan fingerprint density at radius 3 is 2.48 bits per heavy atom. The maximum Gasteiger partial charge on any atom is 0.461 e. The molecule has 0 atom stereocenters. The number of nitrogens with zero attached hydrogens (tertiary/aromatic N) is 3. The quantitative estimate of drug-likeness (QED) is 0.584. The Morgan fingerprint density at radius 2 is 1.84 bits per heavy atom. The number of rotatable bonds is 4. The SMILES string of the molecule is CCc1ccc2c(c1)[n+]([O-])nc(NC1(c3ccc(F)cc3)CC1)[n+]2[O-]. The van der Waals surface area contributed by atoms with Gasteiger partial charge in [0.2, 0.25) is 5.10 Å². The molecule has 1 aromatic heterocycles. The van der Waals surface area contributed by atoms with Gasteiger partial charge in [0.15, 0.2) is 5.52 Å². The standard InChI is InChI=1S/C18H17FN4O2/c1-2-12-3-8-15-16(11-12)23(25)21-17(22(15)24)20-18(9-10-18)13-4-6-14(19)7-5-13/h3-8,11H,2,9-10H2,1H3,(H,20,21). The van der Waals surface area contributed by atoms with Gasteiger partial charge in [-0.05, 0) is 48.6 Å².